The molecule has 1 heterocycles. The van der Waals surface area contributed by atoms with Gasteiger partial charge >= 0.3 is 6.18 Å². The Morgan fingerprint density at radius 1 is 0.882 bits per heavy atom. The van der Waals surface area contributed by atoms with Crippen LogP contribution in [0.15, 0.2) is 18.2 Å². The van der Waals surface area contributed by atoms with Crippen molar-refractivity contribution in [1.82, 2.24) is 0 Å². The third-order valence-electron chi connectivity index (χ3n) is 5.82. The maximum Gasteiger partial charge on any atom is 0.416 e. The number of benzene rings is 1. The van der Waals surface area contributed by atoms with Crippen LogP contribution in [-0.2, 0) is 20.4 Å². The van der Waals surface area contributed by atoms with Crippen LogP contribution in [0.4, 0.5) is 18.9 Å². The van der Waals surface area contributed by atoms with Gasteiger partial charge in [0.25, 0.3) is 0 Å². The van der Waals surface area contributed by atoms with Crippen molar-refractivity contribution < 1.29 is 27.4 Å². The molecule has 0 bridgehead atoms. The van der Waals surface area contributed by atoms with Crippen molar-refractivity contribution in [1.29, 1.82) is 0 Å². The standard InChI is InChI=1S/C27H38F3NO3/c1-25(2,3)32-13-7-8-19-14-20(27(28,29)30)16-21(15-19)31-11-9-22(10-12-31)33-23-17-24(18-23)34-26(4,5)6/h14-16,22-24H,9-13,17-18H2,1-6H3. The third-order valence-corrected chi connectivity index (χ3v) is 5.82. The molecule has 3 rings (SSSR count). The molecular weight excluding hydrogens is 443 g/mol. The minimum Gasteiger partial charge on any atom is -0.375 e. The lowest BCUT2D eigenvalue weighted by Crippen LogP contribution is -2.45. The van der Waals surface area contributed by atoms with E-state index in [-0.39, 0.29) is 36.1 Å². The molecule has 190 valence electrons. The maximum atomic E-state index is 13.5. The lowest BCUT2D eigenvalue weighted by atomic mass is 9.90. The summed E-state index contributed by atoms with van der Waals surface area (Å²) in [5, 5.41) is 0. The van der Waals surface area contributed by atoms with E-state index in [2.05, 4.69) is 32.6 Å². The van der Waals surface area contributed by atoms with E-state index < -0.39 is 11.7 Å². The molecule has 4 nitrogen and oxygen atoms in total. The van der Waals surface area contributed by atoms with Crippen LogP contribution in [0.1, 0.15) is 78.4 Å². The Bertz CT molecular complexity index is 876. The molecule has 1 aliphatic carbocycles. The van der Waals surface area contributed by atoms with Gasteiger partial charge in [-0.2, -0.15) is 13.2 Å². The smallest absolute Gasteiger partial charge is 0.375 e. The third kappa shape index (κ3) is 8.48. The zero-order chi connectivity index (χ0) is 25.1. The number of halogens is 3. The highest BCUT2D eigenvalue weighted by Crippen LogP contribution is 2.35. The summed E-state index contributed by atoms with van der Waals surface area (Å²) < 4.78 is 58.3. The second-order valence-electron chi connectivity index (χ2n) is 11.2. The van der Waals surface area contributed by atoms with E-state index in [4.69, 9.17) is 14.2 Å². The number of ether oxygens (including phenoxy) is 3. The van der Waals surface area contributed by atoms with E-state index in [0.29, 0.717) is 24.3 Å². The quantitative estimate of drug-likeness (QED) is 0.469. The largest absolute Gasteiger partial charge is 0.416 e. The highest BCUT2D eigenvalue weighted by molar-refractivity contribution is 5.56. The Kier molecular flexibility index (Phi) is 8.27. The highest BCUT2D eigenvalue weighted by atomic mass is 19.4. The molecule has 0 atom stereocenters. The van der Waals surface area contributed by atoms with E-state index >= 15 is 0 Å². The molecule has 0 amide bonds. The Hall–Kier alpha value is -1.75. The van der Waals surface area contributed by atoms with Crippen molar-refractivity contribution in [3.05, 3.63) is 29.3 Å². The van der Waals surface area contributed by atoms with Gasteiger partial charge in [-0.3, -0.25) is 0 Å². The van der Waals surface area contributed by atoms with Crippen LogP contribution in [0, 0.1) is 11.8 Å². The summed E-state index contributed by atoms with van der Waals surface area (Å²) in [6.07, 6.45) is -0.422. The molecule has 34 heavy (non-hydrogen) atoms. The van der Waals surface area contributed by atoms with E-state index in [1.807, 2.05) is 25.7 Å². The molecule has 1 aromatic carbocycles. The molecule has 2 aliphatic rings. The summed E-state index contributed by atoms with van der Waals surface area (Å²) in [6, 6.07) is 4.06. The minimum atomic E-state index is -4.42. The van der Waals surface area contributed by atoms with E-state index in [1.54, 1.807) is 6.07 Å². The van der Waals surface area contributed by atoms with Crippen molar-refractivity contribution in [2.75, 3.05) is 24.6 Å². The van der Waals surface area contributed by atoms with Gasteiger partial charge in [-0.15, -0.1) is 0 Å². The zero-order valence-electron chi connectivity index (χ0n) is 21.2. The topological polar surface area (TPSA) is 30.9 Å². The van der Waals surface area contributed by atoms with Crippen LogP contribution < -0.4 is 4.90 Å². The van der Waals surface area contributed by atoms with E-state index in [9.17, 15) is 13.2 Å². The predicted molar refractivity (Wildman–Crippen MR) is 128 cm³/mol. The van der Waals surface area contributed by atoms with Gasteiger partial charge in [-0.25, -0.2) is 0 Å². The van der Waals surface area contributed by atoms with Crippen LogP contribution >= 0.6 is 0 Å². The fourth-order valence-corrected chi connectivity index (χ4v) is 4.17. The molecule has 1 saturated heterocycles. The van der Waals surface area contributed by atoms with Crippen LogP contribution in [-0.4, -0.2) is 49.2 Å². The summed E-state index contributed by atoms with van der Waals surface area (Å²) in [7, 11) is 0. The molecule has 1 aromatic rings. The number of piperidine rings is 1. The van der Waals surface area contributed by atoms with Gasteiger partial charge in [0, 0.05) is 24.3 Å². The van der Waals surface area contributed by atoms with Crippen molar-refractivity contribution in [3.63, 3.8) is 0 Å². The normalized spacial score (nSPS) is 22.2. The van der Waals surface area contributed by atoms with Crippen molar-refractivity contribution in [3.8, 4) is 11.8 Å². The maximum absolute atomic E-state index is 13.5. The molecular formula is C27H38F3NO3. The molecule has 0 N–H and O–H groups in total. The predicted octanol–water partition coefficient (Wildman–Crippen LogP) is 6.20. The first-order valence-electron chi connectivity index (χ1n) is 12.1. The van der Waals surface area contributed by atoms with Gasteiger partial charge in [-0.1, -0.05) is 11.8 Å². The van der Waals surface area contributed by atoms with Gasteiger partial charge in [0.1, 0.15) is 6.61 Å². The molecule has 0 unspecified atom stereocenters. The average molecular weight is 482 g/mol. The molecule has 0 radical (unpaired) electrons. The van der Waals surface area contributed by atoms with Gasteiger partial charge in [-0.05, 0) is 85.4 Å². The first kappa shape index (κ1) is 26.8. The minimum absolute atomic E-state index is 0.136. The summed E-state index contributed by atoms with van der Waals surface area (Å²) in [4.78, 5) is 2.00. The second-order valence-corrected chi connectivity index (χ2v) is 11.2. The molecule has 7 heteroatoms. The summed E-state index contributed by atoms with van der Waals surface area (Å²) in [5.74, 6) is 5.68. The number of anilines is 1. The molecule has 1 saturated carbocycles. The van der Waals surface area contributed by atoms with Crippen LogP contribution in [0.25, 0.3) is 0 Å². The molecule has 2 fully saturated rings. The van der Waals surface area contributed by atoms with Crippen molar-refractivity contribution >= 4 is 5.69 Å². The van der Waals surface area contributed by atoms with E-state index in [0.717, 1.165) is 31.7 Å². The van der Waals surface area contributed by atoms with E-state index in [1.165, 1.54) is 6.07 Å². The summed E-state index contributed by atoms with van der Waals surface area (Å²) in [6.45, 7) is 13.4. The lowest BCUT2D eigenvalue weighted by Gasteiger charge is -2.42. The number of nitrogens with zero attached hydrogens (tertiary/aromatic N) is 1. The number of hydrogen-bond acceptors (Lipinski definition) is 4. The average Bonchev–Trinajstić information content (AvgIpc) is 2.68. The van der Waals surface area contributed by atoms with Gasteiger partial charge < -0.3 is 19.1 Å². The molecule has 0 aromatic heterocycles. The van der Waals surface area contributed by atoms with Gasteiger partial charge in [0.15, 0.2) is 0 Å². The van der Waals surface area contributed by atoms with Crippen molar-refractivity contribution in [2.45, 2.75) is 103 Å². The molecule has 0 spiro atoms. The van der Waals surface area contributed by atoms with Gasteiger partial charge in [0.2, 0.25) is 0 Å². The highest BCUT2D eigenvalue weighted by Gasteiger charge is 2.36. The monoisotopic (exact) mass is 481 g/mol. The Morgan fingerprint density at radius 3 is 2.09 bits per heavy atom. The summed E-state index contributed by atoms with van der Waals surface area (Å²) in [5.41, 5.74) is -0.269. The Labute approximate surface area is 202 Å². The van der Waals surface area contributed by atoms with Crippen LogP contribution in [0.3, 0.4) is 0 Å². The first-order chi connectivity index (χ1) is 15.7. The fraction of sp³-hybridized carbons (Fsp3) is 0.704. The van der Waals surface area contributed by atoms with Gasteiger partial charge in [0.05, 0.1) is 35.1 Å². The Morgan fingerprint density at radius 2 is 1.53 bits per heavy atom. The number of rotatable bonds is 5. The number of alkyl halides is 3. The molecule has 1 aliphatic heterocycles. The van der Waals surface area contributed by atoms with Crippen LogP contribution in [0.5, 0.6) is 0 Å². The van der Waals surface area contributed by atoms with Crippen LogP contribution in [0.2, 0.25) is 0 Å². The fourth-order valence-electron chi connectivity index (χ4n) is 4.17. The first-order valence-corrected chi connectivity index (χ1v) is 12.1. The Balaban J connectivity index is 1.58. The second kappa shape index (κ2) is 10.5. The zero-order valence-corrected chi connectivity index (χ0v) is 21.2. The SMILES string of the molecule is CC(C)(C)OCC#Cc1cc(N2CCC(OC3CC(OC(C)(C)C)C3)CC2)cc(C(F)(F)F)c1. The number of hydrogen-bond donors (Lipinski definition) is 0. The van der Waals surface area contributed by atoms with Crippen molar-refractivity contribution in [2.24, 2.45) is 0 Å². The summed E-state index contributed by atoms with van der Waals surface area (Å²) >= 11 is 0. The lowest BCUT2D eigenvalue weighted by molar-refractivity contribution is -0.164.